The molecule has 3 atom stereocenters. The Labute approximate surface area is 692 Å². The summed E-state index contributed by atoms with van der Waals surface area (Å²) in [5.41, 5.74) is 6.69. The molecular weight excluding hydrogens is 1530 g/mol. The largest absolute Gasteiger partial charge is 0.462 e. The maximum absolute atomic E-state index is 14.1. The highest BCUT2D eigenvalue weighted by Gasteiger charge is 2.40. The molecule has 1 aromatic heterocycles. The number of urea groups is 1. The van der Waals surface area contributed by atoms with E-state index in [0.29, 0.717) is 198 Å². The van der Waals surface area contributed by atoms with Gasteiger partial charge in [-0.2, -0.15) is 15.2 Å². The minimum Gasteiger partial charge on any atom is -0.462 e. The van der Waals surface area contributed by atoms with Crippen molar-refractivity contribution < 1.29 is 80.5 Å². The predicted molar refractivity (Wildman–Crippen MR) is 441 cm³/mol. The summed E-state index contributed by atoms with van der Waals surface area (Å²) >= 11 is 13.2. The number of nitriles is 1. The van der Waals surface area contributed by atoms with Gasteiger partial charge in [0.25, 0.3) is 11.8 Å². The summed E-state index contributed by atoms with van der Waals surface area (Å²) in [6.45, 7) is 17.9. The van der Waals surface area contributed by atoms with Crippen LogP contribution in [-0.4, -0.2) is 250 Å². The summed E-state index contributed by atoms with van der Waals surface area (Å²) in [5.74, 6) is -2.12. The number of hydrogen-bond acceptors (Lipinski definition) is 22. The van der Waals surface area contributed by atoms with Gasteiger partial charge >= 0.3 is 12.0 Å². The first kappa shape index (κ1) is 90.6. The highest BCUT2D eigenvalue weighted by atomic mass is 35.5. The van der Waals surface area contributed by atoms with E-state index < -0.39 is 29.7 Å². The predicted octanol–water partition coefficient (Wildman–Crippen LogP) is 11.9. The number of likely N-dealkylation sites (tertiary alicyclic amines) is 1. The summed E-state index contributed by atoms with van der Waals surface area (Å²) in [6, 6.07) is 24.2. The normalized spacial score (nSPS) is 16.9. The lowest BCUT2D eigenvalue weighted by atomic mass is 10.0. The molecule has 0 bridgehead atoms. The summed E-state index contributed by atoms with van der Waals surface area (Å²) in [6.07, 6.45) is 18.6. The van der Waals surface area contributed by atoms with E-state index in [0.717, 1.165) is 103 Å². The fourth-order valence-electron chi connectivity index (χ4n) is 15.3. The minimum atomic E-state index is -1.04. The number of carbonyl (C=O) groups is 5. The molecule has 3 fully saturated rings. The fourth-order valence-corrected chi connectivity index (χ4v) is 15.8. The summed E-state index contributed by atoms with van der Waals surface area (Å²) in [5, 5.41) is 21.1. The van der Waals surface area contributed by atoms with Gasteiger partial charge in [-0.25, -0.2) is 9.18 Å². The number of piperazine rings is 1. The van der Waals surface area contributed by atoms with E-state index in [-0.39, 0.29) is 62.4 Å². The Morgan fingerprint density at radius 1 is 0.612 bits per heavy atom. The van der Waals surface area contributed by atoms with Gasteiger partial charge in [-0.3, -0.25) is 29.4 Å². The number of benzene rings is 4. The molecule has 0 radical (unpaired) electrons. The molecule has 0 aliphatic carbocycles. The van der Waals surface area contributed by atoms with Gasteiger partial charge in [-0.05, 0) is 110 Å². The molecular formula is C86H118Cl2FN11O16. The van der Waals surface area contributed by atoms with Crippen LogP contribution in [0.5, 0.6) is 6.01 Å². The van der Waals surface area contributed by atoms with Crippen LogP contribution in [0.1, 0.15) is 147 Å². The Kier molecular flexibility index (Phi) is 39.8. The Bertz CT molecular complexity index is 3950. The van der Waals surface area contributed by atoms with Crippen LogP contribution in [-0.2, 0) is 94.2 Å². The van der Waals surface area contributed by atoms with Gasteiger partial charge in [0.15, 0.2) is 5.83 Å². The molecule has 5 aliphatic heterocycles. The van der Waals surface area contributed by atoms with Gasteiger partial charge in [0.1, 0.15) is 18.5 Å². The molecule has 4 aromatic carbocycles. The highest BCUT2D eigenvalue weighted by Crippen LogP contribution is 2.38. The van der Waals surface area contributed by atoms with Crippen molar-refractivity contribution in [2.75, 3.05) is 193 Å². The number of rotatable bonds is 56. The minimum absolute atomic E-state index is 0.0375. The van der Waals surface area contributed by atoms with Crippen LogP contribution < -0.4 is 30.5 Å². The second kappa shape index (κ2) is 50.9. The molecule has 6 amide bonds. The van der Waals surface area contributed by atoms with Crippen molar-refractivity contribution in [1.29, 1.82) is 5.26 Å². The number of nitrogens with zero attached hydrogens (tertiary/aromatic N) is 8. The lowest BCUT2D eigenvalue weighted by Crippen LogP contribution is -2.55. The van der Waals surface area contributed by atoms with E-state index >= 15 is 0 Å². The molecule has 5 aromatic rings. The number of hydrogen-bond donors (Lipinski definition) is 3. The average Bonchev–Trinajstić information content (AvgIpc) is 1.41. The van der Waals surface area contributed by atoms with Crippen molar-refractivity contribution in [3.63, 3.8) is 0 Å². The molecule has 30 heteroatoms. The summed E-state index contributed by atoms with van der Waals surface area (Å²) in [7, 11) is 0. The third kappa shape index (κ3) is 30.0. The van der Waals surface area contributed by atoms with Crippen molar-refractivity contribution in [2.24, 2.45) is 0 Å². The van der Waals surface area contributed by atoms with Crippen LogP contribution >= 0.6 is 23.2 Å². The molecule has 5 aliphatic rings. The monoisotopic (exact) mass is 1650 g/mol. The number of nitrogens with one attached hydrogen (secondary N) is 3. The molecule has 6 heterocycles. The van der Waals surface area contributed by atoms with Gasteiger partial charge in [0, 0.05) is 97.8 Å². The zero-order valence-corrected chi connectivity index (χ0v) is 68.8. The van der Waals surface area contributed by atoms with Crippen LogP contribution in [0.25, 0.3) is 10.8 Å². The molecule has 634 valence electrons. The number of ether oxygens (including phenoxy) is 11. The zero-order chi connectivity index (χ0) is 81.3. The number of unbranched alkanes of at least 4 members (excludes halogenated alkanes) is 11. The first-order chi connectivity index (χ1) is 56.8. The highest BCUT2D eigenvalue weighted by molar-refractivity contribution is 6.36. The summed E-state index contributed by atoms with van der Waals surface area (Å²) < 4.78 is 77.4. The smallest absolute Gasteiger partial charge is 0.319 e. The maximum atomic E-state index is 14.1. The third-order valence-corrected chi connectivity index (χ3v) is 21.9. The van der Waals surface area contributed by atoms with Gasteiger partial charge in [0.2, 0.25) is 11.8 Å². The third-order valence-electron chi connectivity index (χ3n) is 21.3. The standard InChI is InChI=1S/C86H118Cl2FN11O16/c1-64(89)83(103)99-33-32-98(61-71(99)27-29-90)81-74-28-31-97(77-22-15-19-67-18-14-21-75(88)80(67)77)62-76(74)93-86(95-81)116-63-72-20-16-30-96(72)34-36-107-38-40-109-42-44-111-46-48-113-50-52-115-54-53-114-51-49-112-47-45-110-43-41-108-39-37-106-35-13-11-9-7-5-3-2-4-6-8-10-12-17-65-56-69(87)58-70(57-65)92-85(105)91-59-66-23-24-73-68(55-66)60-100(84(73)104)78-25-26-79(101)94-82(78)102/h14-15,18-19,21-24,55-58,71-72,78H,1-13,16-17,20,25-28,30-54,59-63H2,(H2,91,92,105)(H,94,101,102)/t71-,72-,78?/m0/s1. The quantitative estimate of drug-likeness (QED) is 0.0185. The van der Waals surface area contributed by atoms with Crippen LogP contribution in [0.2, 0.25) is 10.0 Å². The van der Waals surface area contributed by atoms with E-state index in [1.807, 2.05) is 36.4 Å². The van der Waals surface area contributed by atoms with Crippen molar-refractivity contribution >= 4 is 80.8 Å². The SMILES string of the molecule is C=C(F)C(=O)N1CCN(c2nc(OC[C@@H]3CCCN3CCOCCOCCOCCOCCOCCOCCOCCOCCOCCOCCCCCCCCCCCCCCc3cc(Cl)cc(NC(=O)NCc4ccc5c(c4)CN(C4CCC(=O)NC4=O)C5=O)c3)nc3c2CCN(c2cccc4cccc(Cl)c24)C3)C[C@@H]1CC#N. The number of aryl methyl sites for hydroxylation is 1. The Hall–Kier alpha value is -7.73. The van der Waals surface area contributed by atoms with Crippen molar-refractivity contribution in [1.82, 2.24) is 35.3 Å². The van der Waals surface area contributed by atoms with Gasteiger partial charge in [-0.1, -0.05) is 130 Å². The molecule has 116 heavy (non-hydrogen) atoms. The number of imide groups is 1. The number of halogens is 3. The number of fused-ring (bicyclic) bond motifs is 3. The van der Waals surface area contributed by atoms with Crippen LogP contribution in [0.3, 0.4) is 0 Å². The van der Waals surface area contributed by atoms with E-state index in [1.165, 1.54) is 67.6 Å². The van der Waals surface area contributed by atoms with E-state index in [2.05, 4.69) is 61.5 Å². The Morgan fingerprint density at radius 2 is 1.21 bits per heavy atom. The van der Waals surface area contributed by atoms with Crippen molar-refractivity contribution in [3.05, 3.63) is 129 Å². The Balaban J connectivity index is 0.441. The van der Waals surface area contributed by atoms with E-state index in [9.17, 15) is 33.6 Å². The van der Waals surface area contributed by atoms with Gasteiger partial charge < -0.3 is 82.3 Å². The topological polar surface area (TPSA) is 289 Å². The first-order valence-electron chi connectivity index (χ1n) is 41.6. The molecule has 10 rings (SSSR count). The number of aromatic nitrogens is 2. The lowest BCUT2D eigenvalue weighted by molar-refractivity contribution is -0.137. The first-order valence-corrected chi connectivity index (χ1v) is 42.4. The Morgan fingerprint density at radius 3 is 1.82 bits per heavy atom. The maximum Gasteiger partial charge on any atom is 0.319 e. The average molecular weight is 1650 g/mol. The molecule has 1 unspecified atom stereocenters. The molecule has 0 spiro atoms. The number of amides is 6. The number of piperidine rings is 1. The molecule has 3 saturated heterocycles. The zero-order valence-electron chi connectivity index (χ0n) is 67.3. The number of carbonyl (C=O) groups excluding carboxylic acids is 5. The molecule has 3 N–H and O–H groups in total. The molecule has 27 nitrogen and oxygen atoms in total. The van der Waals surface area contributed by atoms with Crippen LogP contribution in [0.15, 0.2) is 85.2 Å². The van der Waals surface area contributed by atoms with Crippen LogP contribution in [0.4, 0.5) is 26.4 Å². The van der Waals surface area contributed by atoms with Gasteiger partial charge in [-0.15, -0.1) is 0 Å². The van der Waals surface area contributed by atoms with E-state index in [4.69, 9.17) is 85.3 Å². The molecule has 0 saturated carbocycles. The summed E-state index contributed by atoms with van der Waals surface area (Å²) in [4.78, 5) is 82.5. The number of anilines is 3. The fraction of sp³-hybridized carbons (Fsp3) is 0.605. The van der Waals surface area contributed by atoms with Gasteiger partial charge in [0.05, 0.1) is 161 Å². The van der Waals surface area contributed by atoms with Crippen LogP contribution in [0, 0.1) is 11.3 Å². The van der Waals surface area contributed by atoms with E-state index in [1.54, 1.807) is 18.2 Å². The van der Waals surface area contributed by atoms with Crippen molar-refractivity contribution in [3.8, 4) is 12.1 Å². The lowest BCUT2D eigenvalue weighted by Gasteiger charge is -2.42. The second-order valence-corrected chi connectivity index (χ2v) is 30.6. The second-order valence-electron chi connectivity index (χ2n) is 29.7. The van der Waals surface area contributed by atoms with Crippen molar-refractivity contribution in [2.45, 2.75) is 160 Å².